The number of benzene rings is 3. The van der Waals surface area contributed by atoms with E-state index in [-0.39, 0.29) is 24.1 Å². The lowest BCUT2D eigenvalue weighted by Gasteiger charge is -2.26. The van der Waals surface area contributed by atoms with E-state index in [0.29, 0.717) is 42.1 Å². The van der Waals surface area contributed by atoms with Crippen LogP contribution in [-0.2, 0) is 17.8 Å². The number of rotatable bonds is 7. The highest BCUT2D eigenvalue weighted by molar-refractivity contribution is 6.30. The number of carbonyl (C=O) groups excluding carboxylic acids is 1. The summed E-state index contributed by atoms with van der Waals surface area (Å²) in [6.45, 7) is 4.01. The number of fused-ring (bicyclic) bond motifs is 1. The molecule has 8 heteroatoms. The van der Waals surface area contributed by atoms with Gasteiger partial charge in [0.05, 0.1) is 25.3 Å². The average molecular weight is 556 g/mol. The summed E-state index contributed by atoms with van der Waals surface area (Å²) in [5, 5.41) is 13.0. The van der Waals surface area contributed by atoms with Crippen LogP contribution in [0.4, 0.5) is 0 Å². The van der Waals surface area contributed by atoms with Crippen molar-refractivity contribution in [3.05, 3.63) is 110 Å². The van der Waals surface area contributed by atoms with Crippen molar-refractivity contribution < 1.29 is 14.6 Å². The van der Waals surface area contributed by atoms with Crippen molar-refractivity contribution in [3.8, 4) is 17.5 Å². The van der Waals surface area contributed by atoms with Gasteiger partial charge in [-0.1, -0.05) is 47.7 Å². The number of amides is 1. The topological polar surface area (TPSA) is 83.8 Å². The molecular weight excluding hydrogens is 526 g/mol. The van der Waals surface area contributed by atoms with Crippen LogP contribution in [-0.4, -0.2) is 53.4 Å². The van der Waals surface area contributed by atoms with Crippen molar-refractivity contribution in [2.75, 3.05) is 32.9 Å². The Morgan fingerprint density at radius 2 is 1.80 bits per heavy atom. The van der Waals surface area contributed by atoms with E-state index in [4.69, 9.17) is 21.4 Å². The minimum atomic E-state index is -0.451. The van der Waals surface area contributed by atoms with Gasteiger partial charge in [0.2, 0.25) is 5.43 Å². The van der Waals surface area contributed by atoms with E-state index in [0.717, 1.165) is 35.5 Å². The first kappa shape index (κ1) is 27.6. The summed E-state index contributed by atoms with van der Waals surface area (Å²) < 4.78 is 7.33. The van der Waals surface area contributed by atoms with Crippen molar-refractivity contribution in [2.24, 2.45) is 0 Å². The number of ether oxygens (including phenoxy) is 1. The van der Waals surface area contributed by atoms with Gasteiger partial charge >= 0.3 is 0 Å². The van der Waals surface area contributed by atoms with Crippen molar-refractivity contribution in [3.63, 3.8) is 0 Å². The van der Waals surface area contributed by atoms with Crippen molar-refractivity contribution in [1.29, 1.82) is 0 Å². The second-order valence-electron chi connectivity index (χ2n) is 9.62. The van der Waals surface area contributed by atoms with Crippen LogP contribution in [0.15, 0.2) is 77.7 Å². The number of carbonyl (C=O) groups is 1. The molecule has 0 aliphatic carbocycles. The van der Waals surface area contributed by atoms with Crippen molar-refractivity contribution in [2.45, 2.75) is 19.5 Å². The fourth-order valence-electron chi connectivity index (χ4n) is 4.70. The number of morpholine rings is 1. The van der Waals surface area contributed by atoms with Gasteiger partial charge in [-0.15, -0.1) is 0 Å². The summed E-state index contributed by atoms with van der Waals surface area (Å²) >= 11 is 5.98. The number of aromatic nitrogens is 1. The Kier molecular flexibility index (Phi) is 8.94. The van der Waals surface area contributed by atoms with Crippen LogP contribution in [0.5, 0.6) is 0 Å². The second-order valence-corrected chi connectivity index (χ2v) is 10.1. The smallest absolute Gasteiger partial charge is 0.257 e. The Balaban J connectivity index is 1.55. The first-order valence-corrected chi connectivity index (χ1v) is 13.6. The normalized spacial score (nSPS) is 13.6. The van der Waals surface area contributed by atoms with Crippen LogP contribution in [0.1, 0.15) is 33.5 Å². The maximum Gasteiger partial charge on any atom is 0.257 e. The van der Waals surface area contributed by atoms with Gasteiger partial charge in [0, 0.05) is 60.5 Å². The number of pyridine rings is 1. The molecule has 5 rings (SSSR count). The monoisotopic (exact) mass is 555 g/mol. The fourth-order valence-corrected chi connectivity index (χ4v) is 4.83. The third kappa shape index (κ3) is 6.61. The minimum absolute atomic E-state index is 0.00167. The molecule has 1 amide bonds. The number of hydrogen-bond donors (Lipinski definition) is 2. The first-order valence-electron chi connectivity index (χ1n) is 13.2. The highest BCUT2D eigenvalue weighted by Gasteiger charge is 2.18. The molecule has 2 heterocycles. The maximum atomic E-state index is 13.7. The molecule has 0 atom stereocenters. The third-order valence-corrected chi connectivity index (χ3v) is 7.03. The van der Waals surface area contributed by atoms with Crippen molar-refractivity contribution in [1.82, 2.24) is 14.8 Å². The number of aliphatic hydroxyl groups is 1. The summed E-state index contributed by atoms with van der Waals surface area (Å²) in [5.41, 5.74) is 3.86. The largest absolute Gasteiger partial charge is 0.395 e. The molecule has 0 unspecified atom stereocenters. The molecule has 0 radical (unpaired) electrons. The maximum absolute atomic E-state index is 13.7. The Labute approximate surface area is 238 Å². The number of halogens is 1. The van der Waals surface area contributed by atoms with E-state index < -0.39 is 5.91 Å². The second kappa shape index (κ2) is 12.9. The highest BCUT2D eigenvalue weighted by atomic mass is 35.5. The van der Waals surface area contributed by atoms with Gasteiger partial charge in [-0.2, -0.15) is 0 Å². The molecule has 1 aromatic heterocycles. The molecule has 0 bridgehead atoms. The minimum Gasteiger partial charge on any atom is -0.395 e. The van der Waals surface area contributed by atoms with E-state index in [1.165, 1.54) is 0 Å². The zero-order valence-electron chi connectivity index (χ0n) is 22.0. The highest BCUT2D eigenvalue weighted by Crippen LogP contribution is 2.21. The predicted molar refractivity (Wildman–Crippen MR) is 157 cm³/mol. The number of nitrogens with one attached hydrogen (secondary N) is 1. The zero-order valence-corrected chi connectivity index (χ0v) is 22.8. The van der Waals surface area contributed by atoms with Gasteiger partial charge in [0.15, 0.2) is 0 Å². The molecule has 1 aliphatic rings. The molecule has 4 aromatic rings. The summed E-state index contributed by atoms with van der Waals surface area (Å²) in [4.78, 5) is 29.4. The Morgan fingerprint density at radius 3 is 2.58 bits per heavy atom. The van der Waals surface area contributed by atoms with E-state index >= 15 is 0 Å². The number of hydrogen-bond acceptors (Lipinski definition) is 5. The molecule has 1 saturated heterocycles. The van der Waals surface area contributed by atoms with Crippen LogP contribution in [0.25, 0.3) is 16.6 Å². The molecule has 0 saturated carbocycles. The van der Waals surface area contributed by atoms with E-state index in [1.807, 2.05) is 59.2 Å². The lowest BCUT2D eigenvalue weighted by atomic mass is 10.1. The van der Waals surface area contributed by atoms with Crippen LogP contribution < -0.4 is 10.7 Å². The molecule has 0 spiro atoms. The summed E-state index contributed by atoms with van der Waals surface area (Å²) in [5.74, 6) is 5.55. The molecule has 3 aromatic carbocycles. The molecule has 204 valence electrons. The SMILES string of the molecule is O=C(NCc1ccc(Cl)cc1)c1cn(-c2cccc(C#CCCO)c2)c2ccc(CN3CCOCC3)cc2c1=O. The van der Waals surface area contributed by atoms with Crippen LogP contribution in [0.3, 0.4) is 0 Å². The van der Waals surface area contributed by atoms with Gasteiger partial charge in [0.1, 0.15) is 5.56 Å². The lowest BCUT2D eigenvalue weighted by Crippen LogP contribution is -2.35. The van der Waals surface area contributed by atoms with Gasteiger partial charge < -0.3 is 19.7 Å². The lowest BCUT2D eigenvalue weighted by molar-refractivity contribution is 0.0342. The van der Waals surface area contributed by atoms with E-state index in [9.17, 15) is 9.59 Å². The molecular formula is C32H30ClN3O4. The predicted octanol–water partition coefficient (Wildman–Crippen LogP) is 4.14. The molecule has 40 heavy (non-hydrogen) atoms. The number of nitrogens with zero attached hydrogens (tertiary/aromatic N) is 2. The Bertz CT molecular complexity index is 1630. The molecule has 1 aliphatic heterocycles. The van der Waals surface area contributed by atoms with Crippen LogP contribution >= 0.6 is 11.6 Å². The van der Waals surface area contributed by atoms with Crippen molar-refractivity contribution >= 4 is 28.4 Å². The van der Waals surface area contributed by atoms with Gasteiger partial charge in [-0.05, 0) is 53.6 Å². The Hall–Kier alpha value is -3.93. The van der Waals surface area contributed by atoms with Crippen LogP contribution in [0, 0.1) is 11.8 Å². The zero-order chi connectivity index (χ0) is 27.9. The molecule has 2 N–H and O–H groups in total. The van der Waals surface area contributed by atoms with E-state index in [1.54, 1.807) is 18.3 Å². The summed E-state index contributed by atoms with van der Waals surface area (Å²) in [6, 6.07) is 20.6. The molecule has 1 fully saturated rings. The Morgan fingerprint density at radius 1 is 1.02 bits per heavy atom. The summed E-state index contributed by atoms with van der Waals surface area (Å²) in [7, 11) is 0. The van der Waals surface area contributed by atoms with Gasteiger partial charge in [-0.25, -0.2) is 0 Å². The third-order valence-electron chi connectivity index (χ3n) is 6.78. The summed E-state index contributed by atoms with van der Waals surface area (Å²) in [6.07, 6.45) is 1.98. The standard InChI is InChI=1S/C32H30ClN3O4/c33-26-10-7-24(8-11-26)20-34-32(39)29-22-36(27-6-3-5-23(18-27)4-1-2-15-37)30-12-9-25(19-28(30)31(29)38)21-35-13-16-40-17-14-35/h3,5-12,18-19,22,37H,2,13-17,20-21H2,(H,34,39). The van der Waals surface area contributed by atoms with Gasteiger partial charge in [-0.3, -0.25) is 14.5 Å². The van der Waals surface area contributed by atoms with Gasteiger partial charge in [0.25, 0.3) is 5.91 Å². The fraction of sp³-hybridized carbons (Fsp3) is 0.250. The van der Waals surface area contributed by atoms with E-state index in [2.05, 4.69) is 22.1 Å². The quantitative estimate of drug-likeness (QED) is 0.335. The molecule has 7 nitrogen and oxygen atoms in total. The number of aliphatic hydroxyl groups excluding tert-OH is 1. The van der Waals surface area contributed by atoms with Crippen LogP contribution in [0.2, 0.25) is 5.02 Å². The average Bonchev–Trinajstić information content (AvgIpc) is 2.98. The first-order chi connectivity index (χ1) is 19.5.